The van der Waals surface area contributed by atoms with Gasteiger partial charge in [-0.15, -0.1) is 0 Å². The van der Waals surface area contributed by atoms with Gasteiger partial charge in [-0.3, -0.25) is 4.98 Å². The molecule has 2 aromatic heterocycles. The number of carbonyl (C=O) groups excluding carboxylic acids is 1. The van der Waals surface area contributed by atoms with E-state index in [4.69, 9.17) is 13.9 Å². The molecule has 8 heteroatoms. The number of nitrogens with zero attached hydrogens (tertiary/aromatic N) is 1. The summed E-state index contributed by atoms with van der Waals surface area (Å²) in [6.07, 6.45) is 3.90. The molecule has 0 saturated heterocycles. The van der Waals surface area contributed by atoms with Crippen LogP contribution in [0.15, 0.2) is 47.1 Å². The largest absolute Gasteiger partial charge is 0.493 e. The summed E-state index contributed by atoms with van der Waals surface area (Å²) < 4.78 is 16.9. The smallest absolute Gasteiger partial charge is 0.372 e. The first-order valence-corrected chi connectivity index (χ1v) is 10.4. The summed E-state index contributed by atoms with van der Waals surface area (Å²) in [4.78, 5) is 28.1. The Labute approximate surface area is 186 Å². The van der Waals surface area contributed by atoms with E-state index in [2.05, 4.69) is 10.3 Å². The van der Waals surface area contributed by atoms with Gasteiger partial charge >= 0.3 is 11.9 Å². The quantitative estimate of drug-likeness (QED) is 0.375. The molecule has 1 atom stereocenters. The molecule has 0 aliphatic heterocycles. The molecule has 0 aliphatic carbocycles. The Morgan fingerprint density at radius 3 is 2.66 bits per heavy atom. The normalized spacial score (nSPS) is 12.5. The number of aromatic carboxylic acids is 1. The van der Waals surface area contributed by atoms with Crippen LogP contribution in [0.5, 0.6) is 5.75 Å². The van der Waals surface area contributed by atoms with Crippen molar-refractivity contribution in [2.45, 2.75) is 45.8 Å². The number of hydrogen-bond acceptors (Lipinski definition) is 7. The Morgan fingerprint density at radius 2 is 2.00 bits per heavy atom. The van der Waals surface area contributed by atoms with Crippen molar-refractivity contribution in [3.05, 3.63) is 59.6 Å². The highest BCUT2D eigenvalue weighted by Gasteiger charge is 2.26. The lowest BCUT2D eigenvalue weighted by atomic mass is 10.1. The average molecular weight is 440 g/mol. The van der Waals surface area contributed by atoms with Crippen molar-refractivity contribution in [1.29, 1.82) is 0 Å². The number of fused-ring (bicyclic) bond motifs is 1. The number of hydrogen-bond donors (Lipinski definition) is 2. The van der Waals surface area contributed by atoms with E-state index in [9.17, 15) is 14.7 Å². The SMILES string of the molecule is Cc1c(C(=O)O)oc2cccc(OCCCNC(C(=O)OC(C)(C)C)c3cccnc3)c12. The zero-order valence-corrected chi connectivity index (χ0v) is 18.7. The first-order chi connectivity index (χ1) is 15.2. The van der Waals surface area contributed by atoms with Gasteiger partial charge in [-0.25, -0.2) is 9.59 Å². The minimum atomic E-state index is -1.11. The standard InChI is InChI=1S/C24H28N2O6/c1-15-19-17(9-5-10-18(19)31-21(15)22(27)28)30-13-7-12-26-20(16-8-6-11-25-14-16)23(29)32-24(2,3)4/h5-6,8-11,14,20,26H,7,12-13H2,1-4H3,(H,27,28). The molecule has 170 valence electrons. The summed E-state index contributed by atoms with van der Waals surface area (Å²) in [7, 11) is 0. The van der Waals surface area contributed by atoms with Crippen molar-refractivity contribution in [2.75, 3.05) is 13.2 Å². The molecule has 0 fully saturated rings. The van der Waals surface area contributed by atoms with Crippen LogP contribution in [0.4, 0.5) is 0 Å². The van der Waals surface area contributed by atoms with Gasteiger partial charge < -0.3 is 24.3 Å². The van der Waals surface area contributed by atoms with Gasteiger partial charge in [0.1, 0.15) is 23.0 Å². The summed E-state index contributed by atoms with van der Waals surface area (Å²) in [6.45, 7) is 8.05. The van der Waals surface area contributed by atoms with E-state index >= 15 is 0 Å². The van der Waals surface area contributed by atoms with E-state index in [-0.39, 0.29) is 11.7 Å². The van der Waals surface area contributed by atoms with Crippen LogP contribution in [-0.2, 0) is 9.53 Å². The molecular formula is C24H28N2O6. The molecule has 0 bridgehead atoms. The lowest BCUT2D eigenvalue weighted by Gasteiger charge is -2.24. The van der Waals surface area contributed by atoms with Crippen LogP contribution in [0.2, 0.25) is 0 Å². The zero-order valence-electron chi connectivity index (χ0n) is 18.7. The Kier molecular flexibility index (Phi) is 7.15. The maximum Gasteiger partial charge on any atom is 0.372 e. The van der Waals surface area contributed by atoms with Crippen molar-refractivity contribution in [2.24, 2.45) is 0 Å². The second kappa shape index (κ2) is 9.82. The molecule has 1 unspecified atom stereocenters. The van der Waals surface area contributed by atoms with Gasteiger partial charge in [-0.2, -0.15) is 0 Å². The predicted molar refractivity (Wildman–Crippen MR) is 119 cm³/mol. The van der Waals surface area contributed by atoms with Gasteiger partial charge in [0.2, 0.25) is 5.76 Å². The molecule has 0 radical (unpaired) electrons. The number of aryl methyl sites for hydroxylation is 1. The van der Waals surface area contributed by atoms with Crippen LogP contribution in [-0.4, -0.2) is 40.8 Å². The fraction of sp³-hybridized carbons (Fsp3) is 0.375. The number of nitrogens with one attached hydrogen (secondary N) is 1. The summed E-state index contributed by atoms with van der Waals surface area (Å²) in [5, 5.41) is 13.2. The minimum Gasteiger partial charge on any atom is -0.493 e. The van der Waals surface area contributed by atoms with E-state index in [0.29, 0.717) is 41.9 Å². The van der Waals surface area contributed by atoms with Crippen molar-refractivity contribution in [3.8, 4) is 5.75 Å². The van der Waals surface area contributed by atoms with E-state index in [1.165, 1.54) is 0 Å². The van der Waals surface area contributed by atoms with Gasteiger partial charge in [-0.05, 0) is 64.4 Å². The molecule has 3 aromatic rings. The molecule has 0 spiro atoms. The fourth-order valence-electron chi connectivity index (χ4n) is 3.34. The van der Waals surface area contributed by atoms with Crippen LogP contribution >= 0.6 is 0 Å². The third-order valence-electron chi connectivity index (χ3n) is 4.70. The number of carbonyl (C=O) groups is 2. The van der Waals surface area contributed by atoms with Crippen molar-refractivity contribution >= 4 is 22.9 Å². The minimum absolute atomic E-state index is 0.0885. The van der Waals surface area contributed by atoms with Gasteiger partial charge in [0.25, 0.3) is 0 Å². The van der Waals surface area contributed by atoms with E-state index in [1.807, 2.05) is 26.8 Å². The molecule has 3 rings (SSSR count). The van der Waals surface area contributed by atoms with E-state index in [0.717, 1.165) is 5.56 Å². The first-order valence-electron chi connectivity index (χ1n) is 10.4. The van der Waals surface area contributed by atoms with Gasteiger partial charge in [-0.1, -0.05) is 12.1 Å². The molecule has 0 amide bonds. The fourth-order valence-corrected chi connectivity index (χ4v) is 3.34. The van der Waals surface area contributed by atoms with E-state index in [1.54, 1.807) is 43.6 Å². The van der Waals surface area contributed by atoms with Gasteiger partial charge in [0, 0.05) is 18.0 Å². The van der Waals surface area contributed by atoms with Crippen LogP contribution in [0, 0.1) is 6.92 Å². The predicted octanol–water partition coefficient (Wildman–Crippen LogP) is 4.28. The Hall–Kier alpha value is -3.39. The van der Waals surface area contributed by atoms with Crippen LogP contribution < -0.4 is 10.1 Å². The zero-order chi connectivity index (χ0) is 23.3. The molecule has 2 N–H and O–H groups in total. The van der Waals surface area contributed by atoms with Gasteiger partial charge in [0.05, 0.1) is 12.0 Å². The number of carboxylic acids is 1. The van der Waals surface area contributed by atoms with Crippen molar-refractivity contribution < 1.29 is 28.6 Å². The second-order valence-electron chi connectivity index (χ2n) is 8.40. The molecule has 8 nitrogen and oxygen atoms in total. The monoisotopic (exact) mass is 440 g/mol. The molecule has 32 heavy (non-hydrogen) atoms. The summed E-state index contributed by atoms with van der Waals surface area (Å²) >= 11 is 0. The summed E-state index contributed by atoms with van der Waals surface area (Å²) in [5.41, 5.74) is 1.13. The highest BCUT2D eigenvalue weighted by atomic mass is 16.6. The highest BCUT2D eigenvalue weighted by Crippen LogP contribution is 2.33. The third kappa shape index (κ3) is 5.64. The maximum atomic E-state index is 12.7. The molecule has 0 aliphatic rings. The second-order valence-corrected chi connectivity index (χ2v) is 8.40. The molecular weight excluding hydrogens is 412 g/mol. The summed E-state index contributed by atoms with van der Waals surface area (Å²) in [6, 6.07) is 8.21. The number of aromatic nitrogens is 1. The average Bonchev–Trinajstić information content (AvgIpc) is 3.07. The van der Waals surface area contributed by atoms with Crippen LogP contribution in [0.1, 0.15) is 54.9 Å². The lowest BCUT2D eigenvalue weighted by Crippen LogP contribution is -2.35. The number of rotatable bonds is 9. The van der Waals surface area contributed by atoms with Crippen LogP contribution in [0.25, 0.3) is 11.0 Å². The molecule has 1 aromatic carbocycles. The Morgan fingerprint density at radius 1 is 1.22 bits per heavy atom. The molecule has 2 heterocycles. The number of carboxylic acid groups (broad SMARTS) is 1. The summed E-state index contributed by atoms with van der Waals surface area (Å²) in [5.74, 6) is -1.01. The van der Waals surface area contributed by atoms with Crippen molar-refractivity contribution in [3.63, 3.8) is 0 Å². The van der Waals surface area contributed by atoms with Crippen LogP contribution in [0.3, 0.4) is 0 Å². The maximum absolute atomic E-state index is 12.7. The Balaban J connectivity index is 1.62. The molecule has 0 saturated carbocycles. The number of benzene rings is 1. The third-order valence-corrected chi connectivity index (χ3v) is 4.70. The van der Waals surface area contributed by atoms with Crippen molar-refractivity contribution in [1.82, 2.24) is 10.3 Å². The number of esters is 1. The van der Waals surface area contributed by atoms with Gasteiger partial charge in [0.15, 0.2) is 0 Å². The number of furan rings is 1. The lowest BCUT2D eigenvalue weighted by molar-refractivity contribution is -0.157. The topological polar surface area (TPSA) is 111 Å². The first kappa shape index (κ1) is 23.3. The number of pyridine rings is 1. The van der Waals surface area contributed by atoms with E-state index < -0.39 is 17.6 Å². The number of ether oxygens (including phenoxy) is 2. The highest BCUT2D eigenvalue weighted by molar-refractivity contribution is 5.97. The Bertz CT molecular complexity index is 1090.